The SMILES string of the molecule is Cc1cc2cncnc2[nH]c1=O. The number of nitrogens with one attached hydrogen (secondary N) is 1. The third-order valence-electron chi connectivity index (χ3n) is 1.70. The van der Waals surface area contributed by atoms with Crippen LogP contribution in [0.15, 0.2) is 23.4 Å². The first kappa shape index (κ1) is 6.97. The van der Waals surface area contributed by atoms with E-state index in [0.29, 0.717) is 11.2 Å². The van der Waals surface area contributed by atoms with Gasteiger partial charge in [0.15, 0.2) is 0 Å². The van der Waals surface area contributed by atoms with Crippen molar-refractivity contribution in [2.45, 2.75) is 6.92 Å². The first-order valence-corrected chi connectivity index (χ1v) is 3.57. The molecule has 4 heteroatoms. The molecule has 0 saturated heterocycles. The topological polar surface area (TPSA) is 58.6 Å². The van der Waals surface area contributed by atoms with E-state index in [4.69, 9.17) is 0 Å². The number of aryl methyl sites for hydroxylation is 1. The molecule has 0 aliphatic rings. The molecule has 0 fully saturated rings. The van der Waals surface area contributed by atoms with Gasteiger partial charge >= 0.3 is 0 Å². The van der Waals surface area contributed by atoms with Gasteiger partial charge in [-0.05, 0) is 13.0 Å². The van der Waals surface area contributed by atoms with E-state index in [-0.39, 0.29) is 5.56 Å². The Morgan fingerprint density at radius 2 is 2.33 bits per heavy atom. The molecule has 4 nitrogen and oxygen atoms in total. The first-order chi connectivity index (χ1) is 5.77. The summed E-state index contributed by atoms with van der Waals surface area (Å²) in [7, 11) is 0. The highest BCUT2D eigenvalue weighted by atomic mass is 16.1. The molecule has 0 unspecified atom stereocenters. The van der Waals surface area contributed by atoms with Crippen molar-refractivity contribution in [3.8, 4) is 0 Å². The minimum atomic E-state index is -0.0961. The molecule has 0 saturated carbocycles. The van der Waals surface area contributed by atoms with E-state index in [1.54, 1.807) is 19.2 Å². The summed E-state index contributed by atoms with van der Waals surface area (Å²) in [5.41, 5.74) is 1.17. The Bertz CT molecular complexity index is 475. The van der Waals surface area contributed by atoms with E-state index >= 15 is 0 Å². The Morgan fingerprint density at radius 1 is 1.50 bits per heavy atom. The molecule has 2 rings (SSSR count). The minimum Gasteiger partial charge on any atom is -0.306 e. The number of hydrogen-bond donors (Lipinski definition) is 1. The second kappa shape index (κ2) is 2.41. The third kappa shape index (κ3) is 0.972. The van der Waals surface area contributed by atoms with E-state index in [0.717, 1.165) is 5.39 Å². The molecule has 0 radical (unpaired) electrons. The average Bonchev–Trinajstić information content (AvgIpc) is 2.07. The van der Waals surface area contributed by atoms with Gasteiger partial charge < -0.3 is 4.98 Å². The standard InChI is InChI=1S/C8H7N3O/c1-5-2-6-3-9-4-10-7(6)11-8(5)12/h2-4H,1H3,(H,9,10,11,12). The molecule has 2 aromatic rings. The molecular formula is C8H7N3O. The zero-order chi connectivity index (χ0) is 8.55. The summed E-state index contributed by atoms with van der Waals surface area (Å²) < 4.78 is 0. The van der Waals surface area contributed by atoms with Gasteiger partial charge in [0.1, 0.15) is 12.0 Å². The summed E-state index contributed by atoms with van der Waals surface area (Å²) in [4.78, 5) is 21.5. The molecule has 0 spiro atoms. The smallest absolute Gasteiger partial charge is 0.252 e. The Balaban J connectivity index is 2.93. The highest BCUT2D eigenvalue weighted by Crippen LogP contribution is 2.04. The van der Waals surface area contributed by atoms with Crippen LogP contribution in [-0.2, 0) is 0 Å². The summed E-state index contributed by atoms with van der Waals surface area (Å²) >= 11 is 0. The van der Waals surface area contributed by atoms with Crippen LogP contribution in [0.5, 0.6) is 0 Å². The molecule has 1 N–H and O–H groups in total. The summed E-state index contributed by atoms with van der Waals surface area (Å²) in [5.74, 6) is 0. The lowest BCUT2D eigenvalue weighted by Crippen LogP contribution is -2.09. The molecule has 12 heavy (non-hydrogen) atoms. The molecule has 2 aromatic heterocycles. The van der Waals surface area contributed by atoms with Crippen LogP contribution in [0.2, 0.25) is 0 Å². The van der Waals surface area contributed by atoms with Crippen molar-refractivity contribution in [3.05, 3.63) is 34.5 Å². The number of aromatic amines is 1. The molecule has 0 amide bonds. The number of H-pyrrole nitrogens is 1. The fourth-order valence-electron chi connectivity index (χ4n) is 1.06. The minimum absolute atomic E-state index is 0.0961. The maximum Gasteiger partial charge on any atom is 0.252 e. The number of aromatic nitrogens is 3. The van der Waals surface area contributed by atoms with Gasteiger partial charge in [-0.2, -0.15) is 0 Å². The lowest BCUT2D eigenvalue weighted by atomic mass is 10.2. The molecule has 0 bridgehead atoms. The predicted octanol–water partition coefficient (Wildman–Crippen LogP) is 0.627. The van der Waals surface area contributed by atoms with Crippen LogP contribution in [0, 0.1) is 6.92 Å². The van der Waals surface area contributed by atoms with E-state index in [9.17, 15) is 4.79 Å². The molecule has 0 aliphatic heterocycles. The first-order valence-electron chi connectivity index (χ1n) is 3.57. The van der Waals surface area contributed by atoms with Gasteiger partial charge in [0, 0.05) is 17.1 Å². The van der Waals surface area contributed by atoms with Gasteiger partial charge in [-0.1, -0.05) is 0 Å². The second-order valence-corrected chi connectivity index (χ2v) is 2.61. The zero-order valence-electron chi connectivity index (χ0n) is 6.53. The van der Waals surface area contributed by atoms with Crippen LogP contribution in [0.1, 0.15) is 5.56 Å². The Morgan fingerprint density at radius 3 is 3.17 bits per heavy atom. The molecule has 0 aliphatic carbocycles. The van der Waals surface area contributed by atoms with E-state index in [1.807, 2.05) is 0 Å². The van der Waals surface area contributed by atoms with Crippen LogP contribution in [0.3, 0.4) is 0 Å². The van der Waals surface area contributed by atoms with Crippen LogP contribution < -0.4 is 5.56 Å². The molecule has 0 atom stereocenters. The zero-order valence-corrected chi connectivity index (χ0v) is 6.53. The Kier molecular flexibility index (Phi) is 1.40. The van der Waals surface area contributed by atoms with Gasteiger partial charge in [0.2, 0.25) is 0 Å². The van der Waals surface area contributed by atoms with Crippen LogP contribution in [0.4, 0.5) is 0 Å². The fraction of sp³-hybridized carbons (Fsp3) is 0.125. The van der Waals surface area contributed by atoms with Gasteiger partial charge in [0.25, 0.3) is 5.56 Å². The molecule has 60 valence electrons. The summed E-state index contributed by atoms with van der Waals surface area (Å²) in [6.45, 7) is 1.76. The number of rotatable bonds is 0. The number of pyridine rings is 1. The van der Waals surface area contributed by atoms with Crippen LogP contribution in [0.25, 0.3) is 11.0 Å². The molecule has 0 aromatic carbocycles. The van der Waals surface area contributed by atoms with Crippen molar-refractivity contribution in [1.82, 2.24) is 15.0 Å². The maximum atomic E-state index is 11.1. The normalized spacial score (nSPS) is 10.4. The molecule has 2 heterocycles. The summed E-state index contributed by atoms with van der Waals surface area (Å²) in [6.07, 6.45) is 3.08. The van der Waals surface area contributed by atoms with E-state index < -0.39 is 0 Å². The van der Waals surface area contributed by atoms with Gasteiger partial charge in [-0.25, -0.2) is 9.97 Å². The monoisotopic (exact) mass is 161 g/mol. The van der Waals surface area contributed by atoms with Crippen molar-refractivity contribution >= 4 is 11.0 Å². The Hall–Kier alpha value is -1.71. The number of hydrogen-bond acceptors (Lipinski definition) is 3. The summed E-state index contributed by atoms with van der Waals surface area (Å²) in [6, 6.07) is 1.77. The van der Waals surface area contributed by atoms with Crippen molar-refractivity contribution in [2.24, 2.45) is 0 Å². The fourth-order valence-corrected chi connectivity index (χ4v) is 1.06. The second-order valence-electron chi connectivity index (χ2n) is 2.61. The maximum absolute atomic E-state index is 11.1. The van der Waals surface area contributed by atoms with Crippen molar-refractivity contribution < 1.29 is 0 Å². The number of fused-ring (bicyclic) bond motifs is 1. The number of nitrogens with zero attached hydrogens (tertiary/aromatic N) is 2. The molecular weight excluding hydrogens is 154 g/mol. The van der Waals surface area contributed by atoms with Gasteiger partial charge in [-0.3, -0.25) is 4.79 Å². The van der Waals surface area contributed by atoms with Crippen molar-refractivity contribution in [1.29, 1.82) is 0 Å². The predicted molar refractivity (Wildman–Crippen MR) is 44.9 cm³/mol. The lowest BCUT2D eigenvalue weighted by molar-refractivity contribution is 1.14. The van der Waals surface area contributed by atoms with Crippen LogP contribution in [-0.4, -0.2) is 15.0 Å². The van der Waals surface area contributed by atoms with Gasteiger partial charge in [0.05, 0.1) is 0 Å². The highest BCUT2D eigenvalue weighted by Gasteiger charge is 1.97. The van der Waals surface area contributed by atoms with Crippen molar-refractivity contribution in [3.63, 3.8) is 0 Å². The van der Waals surface area contributed by atoms with E-state index in [1.165, 1.54) is 6.33 Å². The van der Waals surface area contributed by atoms with Gasteiger partial charge in [-0.15, -0.1) is 0 Å². The Labute approximate surface area is 68.3 Å². The van der Waals surface area contributed by atoms with E-state index in [2.05, 4.69) is 15.0 Å². The quantitative estimate of drug-likeness (QED) is 0.616. The highest BCUT2D eigenvalue weighted by molar-refractivity contribution is 5.73. The summed E-state index contributed by atoms with van der Waals surface area (Å²) in [5, 5.41) is 0.856. The van der Waals surface area contributed by atoms with Crippen molar-refractivity contribution in [2.75, 3.05) is 0 Å². The lowest BCUT2D eigenvalue weighted by Gasteiger charge is -1.95. The third-order valence-corrected chi connectivity index (χ3v) is 1.70. The average molecular weight is 161 g/mol. The largest absolute Gasteiger partial charge is 0.306 e. The van der Waals surface area contributed by atoms with Crippen LogP contribution >= 0.6 is 0 Å².